The fourth-order valence-electron chi connectivity index (χ4n) is 2.18. The van der Waals surface area contributed by atoms with E-state index in [1.54, 1.807) is 0 Å². The Labute approximate surface area is 122 Å². The minimum Gasteiger partial charge on any atom is -0.495 e. The van der Waals surface area contributed by atoms with E-state index in [1.165, 1.54) is 19.2 Å². The quantitative estimate of drug-likeness (QED) is 0.613. The van der Waals surface area contributed by atoms with E-state index in [0.29, 0.717) is 13.1 Å². The van der Waals surface area contributed by atoms with E-state index in [0.717, 1.165) is 19.2 Å². The van der Waals surface area contributed by atoms with Crippen molar-refractivity contribution >= 4 is 15.5 Å². The Morgan fingerprint density at radius 2 is 2.05 bits per heavy atom. The monoisotopic (exact) mass is 315 g/mol. The summed E-state index contributed by atoms with van der Waals surface area (Å²) in [7, 11) is -2.30. The van der Waals surface area contributed by atoms with Crippen LogP contribution in [0.1, 0.15) is 0 Å². The molecule has 8 nitrogen and oxygen atoms in total. The number of sulfone groups is 1. The van der Waals surface area contributed by atoms with Gasteiger partial charge >= 0.3 is 0 Å². The lowest BCUT2D eigenvalue weighted by molar-refractivity contribution is -0.385. The Hall–Kier alpha value is -1.71. The van der Waals surface area contributed by atoms with Gasteiger partial charge in [-0.2, -0.15) is 0 Å². The minimum absolute atomic E-state index is 0.000616. The standard InChI is InChI=1S/C12H17N3O5S/c1-20-11-8-10(15(16)17)2-3-12(11)21(18,19)9-14-6-4-13-5-7-14/h2-3,8,13H,4-7,9H2,1H3. The normalized spacial score (nSPS) is 16.6. The first kappa shape index (κ1) is 15.7. The number of piperazine rings is 1. The Morgan fingerprint density at radius 1 is 1.38 bits per heavy atom. The van der Waals surface area contributed by atoms with Crippen molar-refractivity contribution < 1.29 is 18.1 Å². The van der Waals surface area contributed by atoms with Crippen LogP contribution >= 0.6 is 0 Å². The Morgan fingerprint density at radius 3 is 2.62 bits per heavy atom. The van der Waals surface area contributed by atoms with E-state index in [2.05, 4.69) is 5.32 Å². The highest BCUT2D eigenvalue weighted by atomic mass is 32.2. The number of non-ortho nitro benzene ring substituents is 1. The molecule has 0 spiro atoms. The first-order valence-electron chi connectivity index (χ1n) is 6.42. The number of ether oxygens (including phenoxy) is 1. The molecule has 9 heteroatoms. The maximum Gasteiger partial charge on any atom is 0.273 e. The molecule has 1 aliphatic rings. The molecule has 0 aliphatic carbocycles. The van der Waals surface area contributed by atoms with Crippen molar-refractivity contribution in [3.05, 3.63) is 28.3 Å². The van der Waals surface area contributed by atoms with Crippen molar-refractivity contribution in [1.82, 2.24) is 10.2 Å². The first-order chi connectivity index (χ1) is 9.94. The van der Waals surface area contributed by atoms with Gasteiger partial charge in [-0.1, -0.05) is 0 Å². The van der Waals surface area contributed by atoms with E-state index in [-0.39, 0.29) is 22.2 Å². The van der Waals surface area contributed by atoms with Crippen LogP contribution in [0.4, 0.5) is 5.69 Å². The summed E-state index contributed by atoms with van der Waals surface area (Å²) in [5.41, 5.74) is -0.201. The third-order valence-corrected chi connectivity index (χ3v) is 4.97. The van der Waals surface area contributed by atoms with Gasteiger partial charge < -0.3 is 10.1 Å². The van der Waals surface area contributed by atoms with Gasteiger partial charge in [-0.25, -0.2) is 8.42 Å². The van der Waals surface area contributed by atoms with E-state index < -0.39 is 14.8 Å². The van der Waals surface area contributed by atoms with Gasteiger partial charge in [0.05, 0.1) is 18.1 Å². The molecule has 1 aromatic carbocycles. The fraction of sp³-hybridized carbons (Fsp3) is 0.500. The molecule has 2 rings (SSSR count). The zero-order chi connectivity index (χ0) is 15.5. The maximum atomic E-state index is 12.4. The molecule has 1 N–H and O–H groups in total. The number of hydrogen-bond acceptors (Lipinski definition) is 7. The van der Waals surface area contributed by atoms with Gasteiger partial charge in [0.25, 0.3) is 5.69 Å². The number of methoxy groups -OCH3 is 1. The number of hydrogen-bond donors (Lipinski definition) is 1. The second-order valence-corrected chi connectivity index (χ2v) is 6.63. The second kappa shape index (κ2) is 6.37. The average Bonchev–Trinajstić information content (AvgIpc) is 2.47. The van der Waals surface area contributed by atoms with Crippen molar-refractivity contribution in [1.29, 1.82) is 0 Å². The van der Waals surface area contributed by atoms with Crippen LogP contribution in [0.25, 0.3) is 0 Å². The van der Waals surface area contributed by atoms with Crippen LogP contribution in [0.3, 0.4) is 0 Å². The van der Waals surface area contributed by atoms with Crippen LogP contribution in [0.15, 0.2) is 23.1 Å². The third-order valence-electron chi connectivity index (χ3n) is 3.26. The lowest BCUT2D eigenvalue weighted by Crippen LogP contribution is -2.45. The number of benzene rings is 1. The molecule has 0 bridgehead atoms. The smallest absolute Gasteiger partial charge is 0.273 e. The summed E-state index contributed by atoms with van der Waals surface area (Å²) in [6.45, 7) is 2.78. The van der Waals surface area contributed by atoms with Crippen molar-refractivity contribution in [3.63, 3.8) is 0 Å². The lowest BCUT2D eigenvalue weighted by Gasteiger charge is -2.26. The van der Waals surface area contributed by atoms with E-state index in [1.807, 2.05) is 4.90 Å². The van der Waals surface area contributed by atoms with Gasteiger partial charge in [-0.05, 0) is 6.07 Å². The van der Waals surface area contributed by atoms with Crippen LogP contribution in [-0.2, 0) is 9.84 Å². The number of nitrogens with one attached hydrogen (secondary N) is 1. The summed E-state index contributed by atoms with van der Waals surface area (Å²) in [5, 5.41) is 13.9. The molecule has 1 aromatic rings. The summed E-state index contributed by atoms with van der Waals surface area (Å²) in [6.07, 6.45) is 0. The van der Waals surface area contributed by atoms with Crippen molar-refractivity contribution in [2.45, 2.75) is 4.90 Å². The zero-order valence-corrected chi connectivity index (χ0v) is 12.4. The van der Waals surface area contributed by atoms with Gasteiger partial charge in [-0.3, -0.25) is 15.0 Å². The molecule has 1 saturated heterocycles. The molecular weight excluding hydrogens is 298 g/mol. The Bertz CT molecular complexity index is 626. The topological polar surface area (TPSA) is 102 Å². The number of nitro benzene ring substituents is 1. The molecule has 1 aliphatic heterocycles. The molecule has 0 amide bonds. The molecule has 0 aromatic heterocycles. The lowest BCUT2D eigenvalue weighted by atomic mass is 10.3. The van der Waals surface area contributed by atoms with Gasteiger partial charge in [0.15, 0.2) is 9.84 Å². The van der Waals surface area contributed by atoms with E-state index in [4.69, 9.17) is 4.74 Å². The molecular formula is C12H17N3O5S. The molecule has 0 atom stereocenters. The second-order valence-electron chi connectivity index (χ2n) is 4.70. The zero-order valence-electron chi connectivity index (χ0n) is 11.6. The highest BCUT2D eigenvalue weighted by molar-refractivity contribution is 7.91. The summed E-state index contributed by atoms with van der Waals surface area (Å²) < 4.78 is 29.9. The van der Waals surface area contributed by atoms with Crippen LogP contribution < -0.4 is 10.1 Å². The van der Waals surface area contributed by atoms with E-state index >= 15 is 0 Å². The third kappa shape index (κ3) is 3.69. The molecule has 0 unspecified atom stereocenters. The van der Waals surface area contributed by atoms with Gasteiger partial charge in [0.2, 0.25) is 0 Å². The fourth-order valence-corrected chi connectivity index (χ4v) is 3.78. The summed E-state index contributed by atoms with van der Waals surface area (Å²) >= 11 is 0. The largest absolute Gasteiger partial charge is 0.495 e. The summed E-state index contributed by atoms with van der Waals surface area (Å²) in [6, 6.07) is 3.53. The van der Waals surface area contributed by atoms with Crippen LogP contribution in [0.5, 0.6) is 5.75 Å². The molecule has 1 fully saturated rings. The minimum atomic E-state index is -3.59. The predicted octanol–water partition coefficient (Wildman–Crippen LogP) is 0.240. The van der Waals surface area contributed by atoms with Crippen molar-refractivity contribution in [2.24, 2.45) is 0 Å². The van der Waals surface area contributed by atoms with Gasteiger partial charge in [-0.15, -0.1) is 0 Å². The Balaban J connectivity index is 2.28. The highest BCUT2D eigenvalue weighted by Crippen LogP contribution is 2.29. The number of rotatable bonds is 5. The maximum absolute atomic E-state index is 12.4. The van der Waals surface area contributed by atoms with Crippen LogP contribution in [0, 0.1) is 10.1 Å². The highest BCUT2D eigenvalue weighted by Gasteiger charge is 2.25. The molecule has 0 radical (unpaired) electrons. The van der Waals surface area contributed by atoms with E-state index in [9.17, 15) is 18.5 Å². The number of nitro groups is 1. The van der Waals surface area contributed by atoms with Crippen molar-refractivity contribution in [3.8, 4) is 5.75 Å². The molecule has 0 saturated carbocycles. The number of nitrogens with zero attached hydrogens (tertiary/aromatic N) is 2. The molecule has 1 heterocycles. The summed E-state index contributed by atoms with van der Waals surface area (Å²) in [4.78, 5) is 12.0. The van der Waals surface area contributed by atoms with Gasteiger partial charge in [0, 0.05) is 32.2 Å². The van der Waals surface area contributed by atoms with Gasteiger partial charge in [0.1, 0.15) is 16.5 Å². The summed E-state index contributed by atoms with van der Waals surface area (Å²) in [5.74, 6) is -0.123. The van der Waals surface area contributed by atoms with Crippen LogP contribution in [-0.4, -0.2) is 57.4 Å². The Kier molecular flexibility index (Phi) is 4.76. The SMILES string of the molecule is COc1cc([N+](=O)[O-])ccc1S(=O)(=O)CN1CCNCC1. The molecule has 116 valence electrons. The average molecular weight is 315 g/mol. The van der Waals surface area contributed by atoms with Crippen molar-refractivity contribution in [2.75, 3.05) is 39.2 Å². The predicted molar refractivity (Wildman–Crippen MR) is 76.1 cm³/mol. The first-order valence-corrected chi connectivity index (χ1v) is 8.07. The van der Waals surface area contributed by atoms with Crippen LogP contribution in [0.2, 0.25) is 0 Å². The molecule has 21 heavy (non-hydrogen) atoms.